The predicted molar refractivity (Wildman–Crippen MR) is 113 cm³/mol. The van der Waals surface area contributed by atoms with Crippen LogP contribution in [-0.4, -0.2) is 23.4 Å². The van der Waals surface area contributed by atoms with Gasteiger partial charge in [0, 0.05) is 11.1 Å². The molecule has 1 aliphatic heterocycles. The number of nitrogens with one attached hydrogen (secondary N) is 1. The second-order valence-electron chi connectivity index (χ2n) is 7.14. The zero-order valence-electron chi connectivity index (χ0n) is 16.3. The first-order chi connectivity index (χ1) is 13.9. The molecule has 148 valence electrons. The average Bonchev–Trinajstić information content (AvgIpc) is 3.19. The van der Waals surface area contributed by atoms with Gasteiger partial charge in [-0.1, -0.05) is 35.9 Å². The Morgan fingerprint density at radius 2 is 1.97 bits per heavy atom. The summed E-state index contributed by atoms with van der Waals surface area (Å²) in [7, 11) is 0. The number of rotatable bonds is 4. The minimum absolute atomic E-state index is 0.339. The van der Waals surface area contributed by atoms with Gasteiger partial charge in [0.2, 0.25) is 0 Å². The van der Waals surface area contributed by atoms with Crippen molar-refractivity contribution >= 4 is 29.1 Å². The van der Waals surface area contributed by atoms with Crippen LogP contribution in [0.1, 0.15) is 42.6 Å². The number of hydrogen-bond acceptors (Lipinski definition) is 6. The van der Waals surface area contributed by atoms with Crippen molar-refractivity contribution in [1.29, 1.82) is 0 Å². The number of fused-ring (bicyclic) bond motifs is 1. The third kappa shape index (κ3) is 3.63. The van der Waals surface area contributed by atoms with Gasteiger partial charge >= 0.3 is 5.97 Å². The Kier molecular flexibility index (Phi) is 4.88. The number of carbonyl (C=O) groups excluding carboxylic acids is 1. The topological polar surface area (TPSA) is 76.7 Å². The first-order valence-corrected chi connectivity index (χ1v) is 9.66. The monoisotopic (exact) mass is 409 g/mol. The van der Waals surface area contributed by atoms with E-state index in [-0.39, 0.29) is 5.97 Å². The van der Waals surface area contributed by atoms with Crippen molar-refractivity contribution in [3.8, 4) is 11.3 Å². The number of aliphatic imine (C=N–C) groups is 1. The first kappa shape index (κ1) is 19.2. The lowest BCUT2D eigenvalue weighted by Gasteiger charge is -2.30. The minimum atomic E-state index is -0.475. The fraction of sp³-hybridized carbons (Fsp3) is 0.227. The van der Waals surface area contributed by atoms with Gasteiger partial charge in [-0.15, -0.1) is 0 Å². The standard InChI is InChI=1S/C22H20ClN3O3/c1-4-28-21(27)14-10-8-13(9-11-14)17-12-29-20(24-17)19-25-18-15(22(2,3)26-19)6-5-7-16(18)23/h5-12H,4H2,1-3H3,(H,25,26). The van der Waals surface area contributed by atoms with Gasteiger partial charge in [0.25, 0.3) is 5.89 Å². The van der Waals surface area contributed by atoms with Gasteiger partial charge in [-0.3, -0.25) is 4.99 Å². The largest absolute Gasteiger partial charge is 0.462 e. The summed E-state index contributed by atoms with van der Waals surface area (Å²) < 4.78 is 10.7. The Balaban J connectivity index is 1.62. The molecule has 29 heavy (non-hydrogen) atoms. The smallest absolute Gasteiger partial charge is 0.338 e. The molecule has 0 aliphatic carbocycles. The molecule has 0 radical (unpaired) electrons. The van der Waals surface area contributed by atoms with Crippen LogP contribution in [0.4, 0.5) is 5.69 Å². The number of esters is 1. The van der Waals surface area contributed by atoms with E-state index < -0.39 is 5.54 Å². The molecule has 0 saturated heterocycles. The molecule has 0 fully saturated rings. The predicted octanol–water partition coefficient (Wildman–Crippen LogP) is 5.28. The summed E-state index contributed by atoms with van der Waals surface area (Å²) in [5, 5.41) is 3.86. The first-order valence-electron chi connectivity index (χ1n) is 9.28. The maximum absolute atomic E-state index is 11.8. The van der Waals surface area contributed by atoms with Crippen molar-refractivity contribution < 1.29 is 13.9 Å². The number of anilines is 1. The molecular weight excluding hydrogens is 390 g/mol. The highest BCUT2D eigenvalue weighted by molar-refractivity contribution is 6.34. The van der Waals surface area contributed by atoms with E-state index in [1.807, 2.05) is 32.0 Å². The maximum atomic E-state index is 11.8. The number of carbonyl (C=O) groups is 1. The third-order valence-corrected chi connectivity index (χ3v) is 5.02. The van der Waals surface area contributed by atoms with Crippen molar-refractivity contribution in [1.82, 2.24) is 4.98 Å². The van der Waals surface area contributed by atoms with Crippen LogP contribution in [0.3, 0.4) is 0 Å². The molecule has 0 saturated carbocycles. The van der Waals surface area contributed by atoms with Crippen molar-refractivity contribution in [2.45, 2.75) is 26.3 Å². The van der Waals surface area contributed by atoms with E-state index >= 15 is 0 Å². The Hall–Kier alpha value is -3.12. The number of oxazole rings is 1. The van der Waals surface area contributed by atoms with Crippen molar-refractivity contribution in [2.24, 2.45) is 4.99 Å². The normalized spacial score (nSPS) is 14.6. The van der Waals surface area contributed by atoms with Crippen molar-refractivity contribution in [3.63, 3.8) is 0 Å². The lowest BCUT2D eigenvalue weighted by atomic mass is 9.91. The fourth-order valence-corrected chi connectivity index (χ4v) is 3.48. The molecule has 2 aromatic carbocycles. The highest BCUT2D eigenvalue weighted by Crippen LogP contribution is 2.39. The fourth-order valence-electron chi connectivity index (χ4n) is 3.25. The number of ether oxygens (including phenoxy) is 1. The minimum Gasteiger partial charge on any atom is -0.462 e. The molecule has 1 aromatic heterocycles. The average molecular weight is 410 g/mol. The van der Waals surface area contributed by atoms with Crippen LogP contribution in [0, 0.1) is 0 Å². The lowest BCUT2D eigenvalue weighted by Crippen LogP contribution is -2.29. The van der Waals surface area contributed by atoms with Gasteiger partial charge in [-0.05, 0) is 39.0 Å². The van der Waals surface area contributed by atoms with E-state index in [0.717, 1.165) is 16.8 Å². The number of benzene rings is 2. The van der Waals surface area contributed by atoms with Crippen LogP contribution in [-0.2, 0) is 10.3 Å². The molecule has 0 spiro atoms. The molecule has 4 rings (SSSR count). The van der Waals surface area contributed by atoms with Crippen molar-refractivity contribution in [2.75, 3.05) is 11.9 Å². The number of halogens is 1. The molecular formula is C22H20ClN3O3. The maximum Gasteiger partial charge on any atom is 0.338 e. The Labute approximate surface area is 173 Å². The molecule has 1 aliphatic rings. The van der Waals surface area contributed by atoms with E-state index in [1.54, 1.807) is 37.5 Å². The van der Waals surface area contributed by atoms with E-state index in [1.165, 1.54) is 0 Å². The van der Waals surface area contributed by atoms with Crippen molar-refractivity contribution in [3.05, 3.63) is 70.8 Å². The molecule has 2 heterocycles. The van der Waals surface area contributed by atoms with Crippen LogP contribution in [0.15, 0.2) is 58.1 Å². The van der Waals surface area contributed by atoms with Crippen LogP contribution in [0.2, 0.25) is 5.02 Å². The zero-order valence-corrected chi connectivity index (χ0v) is 17.1. The molecule has 0 unspecified atom stereocenters. The Morgan fingerprint density at radius 1 is 1.21 bits per heavy atom. The molecule has 0 amide bonds. The Morgan fingerprint density at radius 3 is 2.69 bits per heavy atom. The second kappa shape index (κ2) is 7.37. The highest BCUT2D eigenvalue weighted by atomic mass is 35.5. The van der Waals surface area contributed by atoms with Gasteiger partial charge in [0.15, 0.2) is 5.84 Å². The molecule has 1 N–H and O–H groups in total. The Bertz CT molecular complexity index is 1100. The number of aromatic nitrogens is 1. The molecule has 6 nitrogen and oxygen atoms in total. The van der Waals surface area contributed by atoms with Gasteiger partial charge in [-0.25, -0.2) is 9.78 Å². The summed E-state index contributed by atoms with van der Waals surface area (Å²) in [6.07, 6.45) is 1.56. The molecule has 7 heteroatoms. The lowest BCUT2D eigenvalue weighted by molar-refractivity contribution is 0.0526. The number of amidine groups is 1. The quantitative estimate of drug-likeness (QED) is 0.593. The zero-order chi connectivity index (χ0) is 20.6. The van der Waals surface area contributed by atoms with E-state index in [0.29, 0.717) is 34.6 Å². The summed E-state index contributed by atoms with van der Waals surface area (Å²) in [6, 6.07) is 12.8. The van der Waals surface area contributed by atoms with Crippen LogP contribution >= 0.6 is 11.6 Å². The summed E-state index contributed by atoms with van der Waals surface area (Å²) in [5.41, 5.74) is 3.30. The molecule has 0 atom stereocenters. The summed E-state index contributed by atoms with van der Waals surface area (Å²) in [6.45, 7) is 6.14. The van der Waals surface area contributed by atoms with E-state index in [4.69, 9.17) is 25.7 Å². The van der Waals surface area contributed by atoms with Gasteiger partial charge in [-0.2, -0.15) is 0 Å². The van der Waals surface area contributed by atoms with Gasteiger partial charge < -0.3 is 14.5 Å². The highest BCUT2D eigenvalue weighted by Gasteiger charge is 2.31. The van der Waals surface area contributed by atoms with E-state index in [2.05, 4.69) is 10.3 Å². The van der Waals surface area contributed by atoms with Crippen LogP contribution < -0.4 is 5.32 Å². The van der Waals surface area contributed by atoms with E-state index in [9.17, 15) is 4.79 Å². The summed E-state index contributed by atoms with van der Waals surface area (Å²) >= 11 is 6.38. The van der Waals surface area contributed by atoms with Crippen LogP contribution in [0.25, 0.3) is 11.3 Å². The SMILES string of the molecule is CCOC(=O)c1ccc(-c2coc(C3=NC(C)(C)c4cccc(Cl)c4N3)n2)cc1. The molecule has 0 bridgehead atoms. The molecule has 3 aromatic rings. The second-order valence-corrected chi connectivity index (χ2v) is 7.55. The number of hydrogen-bond donors (Lipinski definition) is 1. The van der Waals surface area contributed by atoms with Gasteiger partial charge in [0.05, 0.1) is 28.4 Å². The summed E-state index contributed by atoms with van der Waals surface area (Å²) in [5.74, 6) is 0.538. The van der Waals surface area contributed by atoms with Crippen LogP contribution in [0.5, 0.6) is 0 Å². The number of nitrogens with zero attached hydrogens (tertiary/aromatic N) is 2. The summed E-state index contributed by atoms with van der Waals surface area (Å²) in [4.78, 5) is 21.1. The van der Waals surface area contributed by atoms with Gasteiger partial charge in [0.1, 0.15) is 12.0 Å². The number of para-hydroxylation sites is 1. The third-order valence-electron chi connectivity index (χ3n) is 4.71.